The van der Waals surface area contributed by atoms with Crippen LogP contribution in [0.25, 0.3) is 22.3 Å². The van der Waals surface area contributed by atoms with E-state index in [1.54, 1.807) is 4.90 Å². The molecule has 2 saturated heterocycles. The fraction of sp³-hybridized carbons (Fsp3) is 0.489. The number of fused-ring (bicyclic) bond motifs is 4. The maximum atomic E-state index is 13.7. The normalized spacial score (nSPS) is 20.8. The average Bonchev–Trinajstić information content (AvgIpc) is 4.03. The molecule has 4 aliphatic rings. The molecule has 5 N–H and O–H groups in total. The first kappa shape index (κ1) is 41.4. The van der Waals surface area contributed by atoms with Crippen molar-refractivity contribution in [2.75, 3.05) is 43.3 Å². The number of likely N-dealkylation sites (tertiary alicyclic amines) is 2. The van der Waals surface area contributed by atoms with Gasteiger partial charge in [-0.05, 0) is 101 Å². The van der Waals surface area contributed by atoms with Crippen molar-refractivity contribution in [3.05, 3.63) is 65.7 Å². The van der Waals surface area contributed by atoms with E-state index in [0.29, 0.717) is 31.6 Å². The summed E-state index contributed by atoms with van der Waals surface area (Å²) in [5.41, 5.74) is 8.90. The summed E-state index contributed by atoms with van der Waals surface area (Å²) in [7, 11) is 2.55. The van der Waals surface area contributed by atoms with Gasteiger partial charge >= 0.3 is 12.2 Å². The predicted octanol–water partition coefficient (Wildman–Crippen LogP) is 6.51. The van der Waals surface area contributed by atoms with E-state index in [9.17, 15) is 24.0 Å². The van der Waals surface area contributed by atoms with Crippen LogP contribution in [0, 0.1) is 11.8 Å². The molecular formula is C45H57N7O7. The number of methoxy groups -OCH3 is 2. The molecule has 0 bridgehead atoms. The van der Waals surface area contributed by atoms with Gasteiger partial charge in [0.05, 0.1) is 31.6 Å². The second-order valence-electron chi connectivity index (χ2n) is 17.3. The van der Waals surface area contributed by atoms with Gasteiger partial charge in [-0.15, -0.1) is 0 Å². The number of nitrogens with one attached hydrogen (secondary N) is 5. The molecule has 0 aromatic heterocycles. The standard InChI is InChI=1S/C45H57N7O7/c1-24(2)37(49-43(56)58-7)41(54)51-19-9-11-35(51)39-47-33-18-14-27(22-34(33)48-39)26-13-16-29-30-17-15-28(23-32(30)45(5,6)31(29)21-26)46-40(53)36-12-10-20-52(36)42(55)38(25(3)4)50-44(57)59-8/h13-18,21-25,35-39,47-48H,9-12,19-20H2,1-8H3,(H,46,53)(H,49,56)(H,50,57)/t35-,36-,37-,38-,39?/m0/s1. The molecule has 1 aliphatic carbocycles. The highest BCUT2D eigenvalue weighted by molar-refractivity contribution is 5.99. The quantitative estimate of drug-likeness (QED) is 0.153. The summed E-state index contributed by atoms with van der Waals surface area (Å²) in [5.74, 6) is -0.947. The van der Waals surface area contributed by atoms with Crippen LogP contribution in [0.3, 0.4) is 0 Å². The first-order valence-corrected chi connectivity index (χ1v) is 20.7. The molecule has 3 heterocycles. The van der Waals surface area contributed by atoms with Gasteiger partial charge in [-0.25, -0.2) is 9.59 Å². The number of benzene rings is 3. The lowest BCUT2D eigenvalue weighted by molar-refractivity contribution is -0.139. The maximum absolute atomic E-state index is 13.7. The number of hydrogen-bond acceptors (Lipinski definition) is 9. The topological polar surface area (TPSA) is 170 Å². The predicted molar refractivity (Wildman–Crippen MR) is 227 cm³/mol. The molecule has 7 rings (SSSR count). The van der Waals surface area contributed by atoms with Gasteiger partial charge in [0.1, 0.15) is 24.3 Å². The lowest BCUT2D eigenvalue weighted by atomic mass is 9.81. The lowest BCUT2D eigenvalue weighted by Crippen LogP contribution is -2.56. The second-order valence-corrected chi connectivity index (χ2v) is 17.3. The van der Waals surface area contributed by atoms with Gasteiger partial charge in [-0.1, -0.05) is 65.8 Å². The number of nitrogens with zero attached hydrogens (tertiary/aromatic N) is 2. The zero-order valence-electron chi connectivity index (χ0n) is 35.2. The largest absolute Gasteiger partial charge is 0.453 e. The van der Waals surface area contributed by atoms with Crippen molar-refractivity contribution in [2.24, 2.45) is 11.8 Å². The van der Waals surface area contributed by atoms with Crippen LogP contribution in [-0.4, -0.2) is 97.4 Å². The van der Waals surface area contributed by atoms with E-state index in [-0.39, 0.29) is 47.2 Å². The Hall–Kier alpha value is -5.79. The number of carbonyl (C=O) groups is 5. The fourth-order valence-corrected chi connectivity index (χ4v) is 9.22. The Labute approximate surface area is 346 Å². The van der Waals surface area contributed by atoms with E-state index in [4.69, 9.17) is 9.47 Å². The molecule has 59 heavy (non-hydrogen) atoms. The molecule has 3 aliphatic heterocycles. The van der Waals surface area contributed by atoms with Gasteiger partial charge in [-0.3, -0.25) is 14.4 Å². The van der Waals surface area contributed by atoms with Gasteiger partial charge in [-0.2, -0.15) is 0 Å². The van der Waals surface area contributed by atoms with Crippen molar-refractivity contribution in [3.63, 3.8) is 0 Å². The first-order chi connectivity index (χ1) is 28.1. The number of amides is 5. The zero-order valence-corrected chi connectivity index (χ0v) is 35.2. The summed E-state index contributed by atoms with van der Waals surface area (Å²) in [6.07, 6.45) is 1.45. The average molecular weight is 808 g/mol. The molecule has 3 aromatic carbocycles. The van der Waals surface area contributed by atoms with Crippen LogP contribution in [0.5, 0.6) is 0 Å². The van der Waals surface area contributed by atoms with E-state index in [0.717, 1.165) is 52.0 Å². The zero-order chi connectivity index (χ0) is 42.3. The summed E-state index contributed by atoms with van der Waals surface area (Å²) < 4.78 is 9.54. The van der Waals surface area contributed by atoms with E-state index in [1.165, 1.54) is 19.8 Å². The Morgan fingerprint density at radius 3 is 1.88 bits per heavy atom. The van der Waals surface area contributed by atoms with E-state index in [1.807, 2.05) is 44.7 Å². The van der Waals surface area contributed by atoms with Crippen molar-refractivity contribution in [3.8, 4) is 22.3 Å². The molecule has 314 valence electrons. The molecule has 5 amide bonds. The van der Waals surface area contributed by atoms with Crippen molar-refractivity contribution >= 4 is 47.0 Å². The van der Waals surface area contributed by atoms with Gasteiger partial charge in [0.15, 0.2) is 0 Å². The second kappa shape index (κ2) is 16.5. The minimum Gasteiger partial charge on any atom is -0.453 e. The SMILES string of the molecule is COC(=O)N[C@H](C(=O)N1CCC[C@H]1C(=O)Nc1ccc2c(c1)C(C)(C)c1cc(-c3ccc4c(c3)NC([C@@H]3CCCN3C(=O)[C@@H](NC(=O)OC)C(C)C)N4)ccc1-2)C(C)C. The molecule has 14 nitrogen and oxygen atoms in total. The molecular weight excluding hydrogens is 751 g/mol. The molecule has 0 saturated carbocycles. The number of anilines is 3. The fourth-order valence-electron chi connectivity index (χ4n) is 9.22. The summed E-state index contributed by atoms with van der Waals surface area (Å²) in [5, 5.41) is 15.7. The molecule has 5 atom stereocenters. The van der Waals surface area contributed by atoms with E-state index >= 15 is 0 Å². The summed E-state index contributed by atoms with van der Waals surface area (Å²) >= 11 is 0. The smallest absolute Gasteiger partial charge is 0.407 e. The van der Waals surface area contributed by atoms with Crippen molar-refractivity contribution in [2.45, 2.75) is 103 Å². The molecule has 2 fully saturated rings. The van der Waals surface area contributed by atoms with Gasteiger partial charge in [0.2, 0.25) is 17.7 Å². The first-order valence-electron chi connectivity index (χ1n) is 20.7. The van der Waals surface area contributed by atoms with Crippen LogP contribution >= 0.6 is 0 Å². The Balaban J connectivity index is 1.05. The van der Waals surface area contributed by atoms with Gasteiger partial charge < -0.3 is 45.9 Å². The van der Waals surface area contributed by atoms with Crippen molar-refractivity contribution < 1.29 is 33.4 Å². The number of hydrogen-bond donors (Lipinski definition) is 5. The third-order valence-corrected chi connectivity index (χ3v) is 12.5. The van der Waals surface area contributed by atoms with Crippen LogP contribution in [0.15, 0.2) is 54.6 Å². The number of rotatable bonds is 10. The molecule has 0 spiro atoms. The lowest BCUT2D eigenvalue weighted by Gasteiger charge is -2.33. The monoisotopic (exact) mass is 807 g/mol. The highest BCUT2D eigenvalue weighted by Crippen LogP contribution is 2.50. The number of carbonyl (C=O) groups excluding carboxylic acids is 5. The van der Waals surface area contributed by atoms with Crippen LogP contribution in [0.1, 0.15) is 78.4 Å². The highest BCUT2D eigenvalue weighted by Gasteiger charge is 2.42. The summed E-state index contributed by atoms with van der Waals surface area (Å²) in [4.78, 5) is 68.5. The van der Waals surface area contributed by atoms with E-state index in [2.05, 4.69) is 82.9 Å². The number of alkyl carbamates (subject to hydrolysis) is 2. The van der Waals surface area contributed by atoms with Gasteiger partial charge in [0, 0.05) is 24.2 Å². The van der Waals surface area contributed by atoms with Crippen LogP contribution in [0.4, 0.5) is 26.7 Å². The van der Waals surface area contributed by atoms with Crippen LogP contribution in [-0.2, 0) is 29.3 Å². The molecule has 0 radical (unpaired) electrons. The van der Waals surface area contributed by atoms with Crippen LogP contribution < -0.4 is 26.6 Å². The van der Waals surface area contributed by atoms with Crippen molar-refractivity contribution in [1.29, 1.82) is 0 Å². The van der Waals surface area contributed by atoms with Crippen molar-refractivity contribution in [1.82, 2.24) is 20.4 Å². The minimum atomic E-state index is -0.802. The highest BCUT2D eigenvalue weighted by atomic mass is 16.5. The van der Waals surface area contributed by atoms with E-state index < -0.39 is 30.3 Å². The third kappa shape index (κ3) is 7.88. The maximum Gasteiger partial charge on any atom is 0.407 e. The Morgan fingerprint density at radius 2 is 1.24 bits per heavy atom. The Bertz CT molecular complexity index is 2150. The molecule has 3 aromatic rings. The third-order valence-electron chi connectivity index (χ3n) is 12.5. The summed E-state index contributed by atoms with van der Waals surface area (Å²) in [6.45, 7) is 13.0. The molecule has 14 heteroatoms. The Kier molecular flexibility index (Phi) is 11.5. The van der Waals surface area contributed by atoms with Crippen LogP contribution in [0.2, 0.25) is 0 Å². The Morgan fingerprint density at radius 1 is 0.695 bits per heavy atom. The summed E-state index contributed by atoms with van der Waals surface area (Å²) in [6, 6.07) is 16.7. The van der Waals surface area contributed by atoms with Gasteiger partial charge in [0.25, 0.3) is 0 Å². The molecule has 1 unspecified atom stereocenters. The minimum absolute atomic E-state index is 0.0971. The number of ether oxygens (including phenoxy) is 2.